The van der Waals surface area contributed by atoms with Gasteiger partial charge in [0.2, 0.25) is 5.91 Å². The summed E-state index contributed by atoms with van der Waals surface area (Å²) in [5, 5.41) is 3.35. The van der Waals surface area contributed by atoms with Crippen molar-refractivity contribution < 1.29 is 14.0 Å². The average Bonchev–Trinajstić information content (AvgIpc) is 2.84. The van der Waals surface area contributed by atoms with Crippen LogP contribution < -0.4 is 5.32 Å². The maximum atomic E-state index is 13.3. The predicted octanol–water partition coefficient (Wildman–Crippen LogP) is 4.66. The molecule has 1 heterocycles. The first-order valence-corrected chi connectivity index (χ1v) is 9.11. The SMILES string of the molecule is O=C1CN(C(=O)c2ccc(F)cc2)[C@@H](c2ccccc2)c2cc(Cl)ccc2N1. The summed E-state index contributed by atoms with van der Waals surface area (Å²) < 4.78 is 13.3. The van der Waals surface area contributed by atoms with Crippen molar-refractivity contribution >= 4 is 29.1 Å². The van der Waals surface area contributed by atoms with E-state index in [4.69, 9.17) is 11.6 Å². The highest BCUT2D eigenvalue weighted by molar-refractivity contribution is 6.30. The van der Waals surface area contributed by atoms with Crippen LogP contribution in [0, 0.1) is 5.82 Å². The average molecular weight is 395 g/mol. The molecule has 0 bridgehead atoms. The first-order chi connectivity index (χ1) is 13.5. The minimum atomic E-state index is -0.522. The van der Waals surface area contributed by atoms with Crippen LogP contribution in [0.3, 0.4) is 0 Å². The number of benzene rings is 3. The van der Waals surface area contributed by atoms with Crippen molar-refractivity contribution in [2.75, 3.05) is 11.9 Å². The van der Waals surface area contributed by atoms with Crippen LogP contribution in [0.5, 0.6) is 0 Å². The van der Waals surface area contributed by atoms with Crippen LogP contribution in [0.2, 0.25) is 5.02 Å². The van der Waals surface area contributed by atoms with Gasteiger partial charge in [0.05, 0.1) is 6.04 Å². The number of rotatable bonds is 2. The molecule has 4 nitrogen and oxygen atoms in total. The van der Waals surface area contributed by atoms with E-state index in [1.54, 1.807) is 18.2 Å². The second kappa shape index (κ2) is 7.44. The van der Waals surface area contributed by atoms with E-state index in [-0.39, 0.29) is 18.4 Å². The molecule has 28 heavy (non-hydrogen) atoms. The molecule has 1 aliphatic rings. The van der Waals surface area contributed by atoms with Crippen molar-refractivity contribution in [2.24, 2.45) is 0 Å². The number of carbonyl (C=O) groups is 2. The zero-order valence-electron chi connectivity index (χ0n) is 14.7. The van der Waals surface area contributed by atoms with E-state index in [9.17, 15) is 14.0 Å². The predicted molar refractivity (Wildman–Crippen MR) is 106 cm³/mol. The largest absolute Gasteiger partial charge is 0.324 e. The standard InChI is InChI=1S/C22H16ClFN2O2/c23-16-8-11-19-18(12-16)21(14-4-2-1-3-5-14)26(13-20(27)25-19)22(28)15-6-9-17(24)10-7-15/h1-12,21H,13H2,(H,25,27)/t21-/m0/s1. The lowest BCUT2D eigenvalue weighted by Crippen LogP contribution is -2.39. The van der Waals surface area contributed by atoms with Crippen molar-refractivity contribution in [2.45, 2.75) is 6.04 Å². The topological polar surface area (TPSA) is 49.4 Å². The number of amides is 2. The zero-order valence-corrected chi connectivity index (χ0v) is 15.5. The molecule has 6 heteroatoms. The first-order valence-electron chi connectivity index (χ1n) is 8.74. The van der Waals surface area contributed by atoms with E-state index in [0.29, 0.717) is 16.3 Å². The Bertz CT molecular complexity index is 1040. The minimum absolute atomic E-state index is 0.137. The highest BCUT2D eigenvalue weighted by Gasteiger charge is 2.34. The summed E-state index contributed by atoms with van der Waals surface area (Å²) in [4.78, 5) is 27.3. The highest BCUT2D eigenvalue weighted by Crippen LogP contribution is 2.37. The van der Waals surface area contributed by atoms with Gasteiger partial charge in [0, 0.05) is 21.8 Å². The Kier molecular flexibility index (Phi) is 4.84. The maximum absolute atomic E-state index is 13.3. The molecule has 3 aromatic carbocycles. The quantitative estimate of drug-likeness (QED) is 0.687. The first kappa shape index (κ1) is 18.2. The fourth-order valence-corrected chi connectivity index (χ4v) is 3.60. The molecule has 1 aliphatic heterocycles. The van der Waals surface area contributed by atoms with E-state index >= 15 is 0 Å². The Morgan fingerprint density at radius 1 is 1.04 bits per heavy atom. The van der Waals surface area contributed by atoms with E-state index in [1.807, 2.05) is 30.3 Å². The van der Waals surface area contributed by atoms with Gasteiger partial charge in [-0.25, -0.2) is 4.39 Å². The molecule has 0 aliphatic carbocycles. The van der Waals surface area contributed by atoms with Gasteiger partial charge in [-0.05, 0) is 48.0 Å². The summed E-state index contributed by atoms with van der Waals surface area (Å²) in [5.41, 5.74) is 2.48. The lowest BCUT2D eigenvalue weighted by Gasteiger charge is -2.30. The van der Waals surface area contributed by atoms with E-state index in [1.165, 1.54) is 29.2 Å². The third kappa shape index (κ3) is 3.49. The number of carbonyl (C=O) groups excluding carboxylic acids is 2. The van der Waals surface area contributed by atoms with E-state index in [0.717, 1.165) is 11.1 Å². The second-order valence-electron chi connectivity index (χ2n) is 6.53. The Morgan fingerprint density at radius 3 is 2.46 bits per heavy atom. The third-order valence-corrected chi connectivity index (χ3v) is 4.91. The Hall–Kier alpha value is -3.18. The molecule has 140 valence electrons. The van der Waals surface area contributed by atoms with Gasteiger partial charge < -0.3 is 10.2 Å². The Balaban J connectivity index is 1.88. The molecule has 0 unspecified atom stereocenters. The molecule has 1 atom stereocenters. The van der Waals surface area contributed by atoms with Crippen LogP contribution >= 0.6 is 11.6 Å². The smallest absolute Gasteiger partial charge is 0.255 e. The number of halogens is 2. The van der Waals surface area contributed by atoms with Gasteiger partial charge in [-0.1, -0.05) is 41.9 Å². The van der Waals surface area contributed by atoms with Gasteiger partial charge in [-0.2, -0.15) is 0 Å². The zero-order chi connectivity index (χ0) is 19.7. The fourth-order valence-electron chi connectivity index (χ4n) is 3.42. The van der Waals surface area contributed by atoms with Gasteiger partial charge >= 0.3 is 0 Å². The van der Waals surface area contributed by atoms with Crippen molar-refractivity contribution in [3.8, 4) is 0 Å². The number of fused-ring (bicyclic) bond motifs is 1. The molecule has 1 N–H and O–H groups in total. The summed E-state index contributed by atoms with van der Waals surface area (Å²) in [5.74, 6) is -1.10. The number of hydrogen-bond acceptors (Lipinski definition) is 2. The van der Waals surface area contributed by atoms with Crippen LogP contribution in [-0.2, 0) is 4.79 Å². The molecular weight excluding hydrogens is 379 g/mol. The van der Waals surface area contributed by atoms with Gasteiger partial charge in [0.1, 0.15) is 12.4 Å². The summed E-state index contributed by atoms with van der Waals surface area (Å²) >= 11 is 6.22. The van der Waals surface area contributed by atoms with Crippen molar-refractivity contribution in [1.82, 2.24) is 4.90 Å². The van der Waals surface area contributed by atoms with Gasteiger partial charge in [0.25, 0.3) is 5.91 Å². The molecule has 0 saturated carbocycles. The molecule has 2 amide bonds. The van der Waals surface area contributed by atoms with Gasteiger partial charge in [-0.15, -0.1) is 0 Å². The Morgan fingerprint density at radius 2 is 1.75 bits per heavy atom. The molecule has 4 rings (SSSR count). The monoisotopic (exact) mass is 394 g/mol. The third-order valence-electron chi connectivity index (χ3n) is 4.68. The van der Waals surface area contributed by atoms with Crippen LogP contribution in [0.1, 0.15) is 27.5 Å². The van der Waals surface area contributed by atoms with Crippen LogP contribution in [-0.4, -0.2) is 23.3 Å². The van der Waals surface area contributed by atoms with Crippen LogP contribution in [0.15, 0.2) is 72.8 Å². The molecule has 0 fully saturated rings. The van der Waals surface area contributed by atoms with Crippen molar-refractivity contribution in [3.63, 3.8) is 0 Å². The van der Waals surface area contributed by atoms with Gasteiger partial charge in [-0.3, -0.25) is 9.59 Å². The fraction of sp³-hybridized carbons (Fsp3) is 0.0909. The maximum Gasteiger partial charge on any atom is 0.255 e. The number of nitrogens with one attached hydrogen (secondary N) is 1. The number of anilines is 1. The van der Waals surface area contributed by atoms with E-state index < -0.39 is 11.9 Å². The van der Waals surface area contributed by atoms with Crippen molar-refractivity contribution in [1.29, 1.82) is 0 Å². The lowest BCUT2D eigenvalue weighted by atomic mass is 9.95. The normalized spacial score (nSPS) is 16.1. The Labute approximate surface area is 166 Å². The van der Waals surface area contributed by atoms with Crippen molar-refractivity contribution in [3.05, 3.63) is 100 Å². The molecule has 0 aromatic heterocycles. The number of nitrogens with zero attached hydrogens (tertiary/aromatic N) is 1. The van der Waals surface area contributed by atoms with Crippen LogP contribution in [0.25, 0.3) is 0 Å². The summed E-state index contributed by atoms with van der Waals surface area (Å²) in [6.45, 7) is -0.137. The lowest BCUT2D eigenvalue weighted by molar-refractivity contribution is -0.117. The van der Waals surface area contributed by atoms with Gasteiger partial charge in [0.15, 0.2) is 0 Å². The molecular formula is C22H16ClFN2O2. The molecule has 0 saturated heterocycles. The molecule has 0 radical (unpaired) electrons. The molecule has 3 aromatic rings. The van der Waals surface area contributed by atoms with E-state index in [2.05, 4.69) is 5.32 Å². The summed E-state index contributed by atoms with van der Waals surface area (Å²) in [6, 6.07) is 19.4. The minimum Gasteiger partial charge on any atom is -0.324 e. The van der Waals surface area contributed by atoms with Crippen LogP contribution in [0.4, 0.5) is 10.1 Å². The summed E-state index contributed by atoms with van der Waals surface area (Å²) in [7, 11) is 0. The molecule has 0 spiro atoms. The summed E-state index contributed by atoms with van der Waals surface area (Å²) in [6.07, 6.45) is 0. The highest BCUT2D eigenvalue weighted by atomic mass is 35.5. The second-order valence-corrected chi connectivity index (χ2v) is 6.97. The number of hydrogen-bond donors (Lipinski definition) is 1.